The molecule has 8 heteroatoms. The van der Waals surface area contributed by atoms with Gasteiger partial charge in [-0.2, -0.15) is 13.2 Å². The SMILES string of the molecule is O=S(=O)([O-])C(F)(F)F.c1ccc(-[s+]2c3ccccc3c3ccccc32)cc1. The molecule has 0 aliphatic heterocycles. The van der Waals surface area contributed by atoms with Gasteiger partial charge in [0.25, 0.3) is 0 Å². The molecule has 4 aromatic rings. The zero-order valence-corrected chi connectivity index (χ0v) is 15.3. The Labute approximate surface area is 156 Å². The smallest absolute Gasteiger partial charge is 0.485 e. The normalized spacial score (nSPS) is 12.0. The van der Waals surface area contributed by atoms with Gasteiger partial charge in [0.2, 0.25) is 0 Å². The van der Waals surface area contributed by atoms with Crippen molar-refractivity contribution in [2.75, 3.05) is 0 Å². The number of rotatable bonds is 1. The minimum absolute atomic E-state index is 0.0594. The number of fused-ring (bicyclic) bond motifs is 3. The van der Waals surface area contributed by atoms with Gasteiger partial charge >= 0.3 is 5.51 Å². The molecule has 4 rings (SSSR count). The molecule has 140 valence electrons. The standard InChI is InChI=1S/C18H13S.CHF3O3S/c1-2-8-14(9-3-1)19-17-12-6-4-10-15(17)16-11-5-7-13-18(16)19;2-1(3,4)8(5,6)7/h1-13H;(H,5,6,7)/q+1;/p-1. The number of hydrogen-bond acceptors (Lipinski definition) is 3. The summed E-state index contributed by atoms with van der Waals surface area (Å²) in [6.07, 6.45) is 0. The van der Waals surface area contributed by atoms with Crippen molar-refractivity contribution >= 4 is 40.8 Å². The number of halogens is 3. The molecule has 0 amide bonds. The average molecular weight is 410 g/mol. The molecule has 0 aliphatic carbocycles. The van der Waals surface area contributed by atoms with Crippen LogP contribution in [0.1, 0.15) is 0 Å². The van der Waals surface area contributed by atoms with E-state index in [-0.39, 0.29) is 10.5 Å². The predicted molar refractivity (Wildman–Crippen MR) is 101 cm³/mol. The summed E-state index contributed by atoms with van der Waals surface area (Å²) in [4.78, 5) is 1.40. The maximum atomic E-state index is 10.7. The Kier molecular flexibility index (Phi) is 5.23. The van der Waals surface area contributed by atoms with Crippen molar-refractivity contribution < 1.29 is 26.1 Å². The van der Waals surface area contributed by atoms with Crippen LogP contribution >= 0.6 is 10.5 Å². The van der Waals surface area contributed by atoms with Crippen molar-refractivity contribution in [3.05, 3.63) is 78.9 Å². The molecule has 0 fully saturated rings. The third-order valence-corrected chi connectivity index (χ3v) is 6.67. The molecule has 1 aromatic heterocycles. The largest absolute Gasteiger partial charge is 0.741 e. The zero-order chi connectivity index (χ0) is 19.7. The van der Waals surface area contributed by atoms with Gasteiger partial charge in [-0.1, -0.05) is 42.5 Å². The summed E-state index contributed by atoms with van der Waals surface area (Å²) in [5.74, 6) is 0. The molecule has 0 atom stereocenters. The number of benzene rings is 3. The van der Waals surface area contributed by atoms with Crippen molar-refractivity contribution in [3.8, 4) is 4.90 Å². The van der Waals surface area contributed by atoms with E-state index >= 15 is 0 Å². The lowest BCUT2D eigenvalue weighted by Crippen LogP contribution is -2.21. The van der Waals surface area contributed by atoms with Gasteiger partial charge in [-0.05, 0) is 36.4 Å². The highest BCUT2D eigenvalue weighted by atomic mass is 32.2. The van der Waals surface area contributed by atoms with Crippen LogP contribution in [0.3, 0.4) is 0 Å². The van der Waals surface area contributed by atoms with Crippen molar-refractivity contribution in [3.63, 3.8) is 0 Å². The Morgan fingerprint density at radius 2 is 1.07 bits per heavy atom. The van der Waals surface area contributed by atoms with Crippen LogP contribution in [0, 0.1) is 0 Å². The van der Waals surface area contributed by atoms with E-state index < -0.39 is 15.6 Å². The van der Waals surface area contributed by atoms with Crippen molar-refractivity contribution in [1.29, 1.82) is 0 Å². The van der Waals surface area contributed by atoms with Crippen LogP contribution in [0.25, 0.3) is 25.1 Å². The van der Waals surface area contributed by atoms with Crippen LogP contribution in [0.5, 0.6) is 0 Å². The van der Waals surface area contributed by atoms with Gasteiger partial charge in [0, 0.05) is 21.2 Å². The van der Waals surface area contributed by atoms with E-state index in [2.05, 4.69) is 78.9 Å². The maximum absolute atomic E-state index is 10.7. The van der Waals surface area contributed by atoms with E-state index in [9.17, 15) is 13.2 Å². The first-order valence-electron chi connectivity index (χ1n) is 7.70. The molecule has 0 saturated heterocycles. The topological polar surface area (TPSA) is 57.2 Å². The summed E-state index contributed by atoms with van der Waals surface area (Å²) < 4.78 is 61.8. The van der Waals surface area contributed by atoms with E-state index in [1.165, 1.54) is 25.1 Å². The summed E-state index contributed by atoms with van der Waals surface area (Å²) in [5, 5.41) is 2.79. The molecule has 0 bridgehead atoms. The summed E-state index contributed by atoms with van der Waals surface area (Å²) in [6, 6.07) is 28.4. The molecule has 0 unspecified atom stereocenters. The van der Waals surface area contributed by atoms with E-state index in [1.54, 1.807) is 0 Å². The number of thiophene rings is 1. The Morgan fingerprint density at radius 1 is 0.704 bits per heavy atom. The molecule has 1 heterocycles. The second-order valence-electron chi connectivity index (χ2n) is 5.51. The lowest BCUT2D eigenvalue weighted by Gasteiger charge is -2.08. The van der Waals surface area contributed by atoms with Crippen LogP contribution in [0.15, 0.2) is 78.9 Å². The third-order valence-electron chi connectivity index (χ3n) is 3.77. The number of alkyl halides is 3. The summed E-state index contributed by atoms with van der Waals surface area (Å²) in [6.45, 7) is 0. The second kappa shape index (κ2) is 7.30. The first-order chi connectivity index (χ1) is 12.7. The summed E-state index contributed by atoms with van der Waals surface area (Å²) >= 11 is 0. The lowest BCUT2D eigenvalue weighted by atomic mass is 10.2. The van der Waals surface area contributed by atoms with E-state index in [0.29, 0.717) is 0 Å². The first kappa shape index (κ1) is 19.3. The van der Waals surface area contributed by atoms with Gasteiger partial charge in [-0.3, -0.25) is 0 Å². The average Bonchev–Trinajstić information content (AvgIpc) is 2.96. The summed E-state index contributed by atoms with van der Waals surface area (Å²) in [7, 11) is -6.03. The molecule has 0 saturated carbocycles. The fraction of sp³-hybridized carbons (Fsp3) is 0.0526. The Bertz CT molecular complexity index is 1130. The Morgan fingerprint density at radius 3 is 1.48 bits per heavy atom. The molecule has 0 N–H and O–H groups in total. The summed E-state index contributed by atoms with van der Waals surface area (Å²) in [5.41, 5.74) is -5.65. The number of hydrogen-bond donors (Lipinski definition) is 0. The third kappa shape index (κ3) is 3.97. The van der Waals surface area contributed by atoms with Crippen molar-refractivity contribution in [1.82, 2.24) is 0 Å². The molecule has 0 aliphatic rings. The van der Waals surface area contributed by atoms with Crippen molar-refractivity contribution in [2.24, 2.45) is 0 Å². The van der Waals surface area contributed by atoms with Gasteiger partial charge in [0.15, 0.2) is 24.4 Å². The highest BCUT2D eigenvalue weighted by Crippen LogP contribution is 2.47. The quantitative estimate of drug-likeness (QED) is 0.227. The van der Waals surface area contributed by atoms with Gasteiger partial charge < -0.3 is 4.55 Å². The molecular weight excluding hydrogens is 397 g/mol. The van der Waals surface area contributed by atoms with Gasteiger partial charge in [-0.15, -0.1) is 0 Å². The molecule has 27 heavy (non-hydrogen) atoms. The van der Waals surface area contributed by atoms with Gasteiger partial charge in [0.05, 0.1) is 0 Å². The van der Waals surface area contributed by atoms with Crippen LogP contribution in [0.2, 0.25) is 0 Å². The van der Waals surface area contributed by atoms with E-state index in [1.807, 2.05) is 0 Å². The second-order valence-corrected chi connectivity index (χ2v) is 8.85. The first-order valence-corrected chi connectivity index (χ1v) is 10.3. The predicted octanol–water partition coefficient (Wildman–Crippen LogP) is 5.78. The van der Waals surface area contributed by atoms with E-state index in [4.69, 9.17) is 13.0 Å². The van der Waals surface area contributed by atoms with Crippen LogP contribution in [0.4, 0.5) is 13.2 Å². The maximum Gasteiger partial charge on any atom is 0.485 e. The monoisotopic (exact) mass is 410 g/mol. The van der Waals surface area contributed by atoms with Crippen LogP contribution < -0.4 is 0 Å². The van der Waals surface area contributed by atoms with Crippen LogP contribution in [-0.2, 0) is 10.1 Å². The lowest BCUT2D eigenvalue weighted by molar-refractivity contribution is -0.0517. The highest BCUT2D eigenvalue weighted by molar-refractivity contribution is 7.86. The van der Waals surface area contributed by atoms with Crippen molar-refractivity contribution in [2.45, 2.75) is 5.51 Å². The molecule has 0 radical (unpaired) electrons. The Balaban J connectivity index is 0.000000226. The van der Waals surface area contributed by atoms with E-state index in [0.717, 1.165) is 0 Å². The minimum Gasteiger partial charge on any atom is -0.741 e. The molecule has 3 aromatic carbocycles. The minimum atomic E-state index is -6.09. The fourth-order valence-corrected chi connectivity index (χ4v) is 5.06. The Hall–Kier alpha value is -2.42. The van der Waals surface area contributed by atoms with Crippen LogP contribution in [-0.4, -0.2) is 18.5 Å². The zero-order valence-electron chi connectivity index (χ0n) is 13.7. The fourth-order valence-electron chi connectivity index (χ4n) is 2.66. The molecule has 0 spiro atoms. The highest BCUT2D eigenvalue weighted by Gasteiger charge is 2.36. The van der Waals surface area contributed by atoms with Gasteiger partial charge in [-0.25, -0.2) is 8.42 Å². The molecular formula is C19H13F3O3S2. The van der Waals surface area contributed by atoms with Gasteiger partial charge in [0.1, 0.15) is 0 Å². The molecule has 3 nitrogen and oxygen atoms in total.